The van der Waals surface area contributed by atoms with Crippen LogP contribution in [0.15, 0.2) is 262 Å². The fourth-order valence-corrected chi connectivity index (χ4v) is 10.4. The summed E-state index contributed by atoms with van der Waals surface area (Å²) >= 11 is 0. The molecule has 0 saturated heterocycles. The minimum absolute atomic E-state index is 0. The Morgan fingerprint density at radius 3 is 1.71 bits per heavy atom. The van der Waals surface area contributed by atoms with E-state index in [0.29, 0.717) is 0 Å². The van der Waals surface area contributed by atoms with E-state index in [2.05, 4.69) is 269 Å². The highest BCUT2D eigenvalue weighted by atomic mass is 15.1. The van der Waals surface area contributed by atoms with Crippen LogP contribution in [0.3, 0.4) is 0 Å². The predicted octanol–water partition coefficient (Wildman–Crippen LogP) is 22.9. The number of hydrogen-bond acceptors (Lipinski definition) is 1. The van der Waals surface area contributed by atoms with Crippen LogP contribution in [0, 0.1) is 0 Å². The number of anilines is 2. The molecular formula is C76H78N2. The molecule has 0 radical (unpaired) electrons. The number of para-hydroxylation sites is 1. The van der Waals surface area contributed by atoms with Gasteiger partial charge in [0.1, 0.15) is 0 Å². The first kappa shape index (κ1) is 57.0. The van der Waals surface area contributed by atoms with E-state index in [0.717, 1.165) is 33.8 Å². The summed E-state index contributed by atoms with van der Waals surface area (Å²) in [5, 5.41) is 4.96. The molecule has 0 atom stereocenters. The summed E-state index contributed by atoms with van der Waals surface area (Å²) < 4.78 is 2.41. The molecule has 2 heterocycles. The zero-order chi connectivity index (χ0) is 54.5. The molecule has 1 aromatic heterocycles. The maximum absolute atomic E-state index is 4.53. The third kappa shape index (κ3) is 11.8. The van der Waals surface area contributed by atoms with Crippen molar-refractivity contribution in [2.24, 2.45) is 0 Å². The molecule has 9 aromatic carbocycles. The van der Waals surface area contributed by atoms with E-state index in [4.69, 9.17) is 0 Å². The van der Waals surface area contributed by atoms with E-state index in [9.17, 15) is 0 Å². The van der Waals surface area contributed by atoms with Crippen LogP contribution < -0.4 is 4.90 Å². The highest BCUT2D eigenvalue weighted by Crippen LogP contribution is 2.50. The van der Waals surface area contributed by atoms with Crippen molar-refractivity contribution in [1.82, 2.24) is 4.57 Å². The molecule has 2 aliphatic rings. The first-order valence-corrected chi connectivity index (χ1v) is 27.4. The van der Waals surface area contributed by atoms with E-state index in [1.54, 1.807) is 6.08 Å². The zero-order valence-electron chi connectivity index (χ0n) is 46.7. The fourth-order valence-electron chi connectivity index (χ4n) is 10.4. The second-order valence-electron chi connectivity index (χ2n) is 19.7. The lowest BCUT2D eigenvalue weighted by molar-refractivity contribution is 0.660. The van der Waals surface area contributed by atoms with E-state index in [-0.39, 0.29) is 12.8 Å². The van der Waals surface area contributed by atoms with E-state index in [1.807, 2.05) is 58.9 Å². The summed E-state index contributed by atoms with van der Waals surface area (Å²) in [4.78, 5) is 2.31. The second kappa shape index (κ2) is 26.4. The Bertz CT molecular complexity index is 3780. The normalized spacial score (nSPS) is 13.4. The van der Waals surface area contributed by atoms with Crippen LogP contribution in [0.1, 0.15) is 92.9 Å². The summed E-state index contributed by atoms with van der Waals surface area (Å²) in [7, 11) is 0. The molecule has 0 amide bonds. The Morgan fingerprint density at radius 1 is 0.474 bits per heavy atom. The van der Waals surface area contributed by atoms with Crippen LogP contribution in [-0.2, 0) is 5.41 Å². The van der Waals surface area contributed by atoms with Crippen LogP contribution >= 0.6 is 0 Å². The van der Waals surface area contributed by atoms with Gasteiger partial charge in [0, 0.05) is 39.3 Å². The number of benzene rings is 9. The molecule has 1 aliphatic carbocycles. The van der Waals surface area contributed by atoms with Crippen molar-refractivity contribution < 1.29 is 0 Å². The van der Waals surface area contributed by atoms with E-state index in [1.165, 1.54) is 89.1 Å². The maximum atomic E-state index is 4.53. The van der Waals surface area contributed by atoms with Gasteiger partial charge >= 0.3 is 0 Å². The molecule has 0 unspecified atom stereocenters. The van der Waals surface area contributed by atoms with E-state index >= 15 is 0 Å². The lowest BCUT2D eigenvalue weighted by Crippen LogP contribution is -2.16. The summed E-state index contributed by atoms with van der Waals surface area (Å²) in [6, 6.07) is 71.5. The third-order valence-corrected chi connectivity index (χ3v) is 14.0. The zero-order valence-corrected chi connectivity index (χ0v) is 46.7. The number of fused-ring (bicyclic) bond motifs is 8. The quantitative estimate of drug-likeness (QED) is 0.119. The SMILES string of the molecule is C.C/C=C\C=C/C.C=C1/C=C\C=C/N(c2ccc3c(c2)C(C)(C)c2ccccc2-3)c2ccc(-c3ccc(-c4ccc5c(c4)c4ccccc4n5-c4ccc5cc(-c6ccccc6)ccc5c4)cc3)cc21.C=CC.CC.CCC. The Balaban J connectivity index is 0.000000532. The van der Waals surface area contributed by atoms with Gasteiger partial charge in [0.05, 0.1) is 16.7 Å². The van der Waals surface area contributed by atoms with Crippen molar-refractivity contribution in [1.29, 1.82) is 0 Å². The molecule has 0 fully saturated rings. The minimum atomic E-state index is -0.0755. The van der Waals surface area contributed by atoms with Gasteiger partial charge in [-0.3, -0.25) is 0 Å². The Labute approximate surface area is 467 Å². The summed E-state index contributed by atoms with van der Waals surface area (Å²) in [5.41, 5.74) is 20.4. The lowest BCUT2D eigenvalue weighted by atomic mass is 9.82. The molecular weight excluding hydrogens is 941 g/mol. The first-order valence-electron chi connectivity index (χ1n) is 27.4. The van der Waals surface area contributed by atoms with Gasteiger partial charge in [-0.25, -0.2) is 0 Å². The van der Waals surface area contributed by atoms with Gasteiger partial charge in [-0.2, -0.15) is 0 Å². The van der Waals surface area contributed by atoms with E-state index < -0.39 is 0 Å². The molecule has 2 heteroatoms. The summed E-state index contributed by atoms with van der Waals surface area (Å²) in [6.45, 7) is 26.7. The first-order chi connectivity index (χ1) is 37.6. The molecule has 2 nitrogen and oxygen atoms in total. The monoisotopic (exact) mass is 1020 g/mol. The smallest absolute Gasteiger partial charge is 0.0541 e. The average molecular weight is 1020 g/mol. The van der Waals surface area contributed by atoms with Crippen LogP contribution in [0.5, 0.6) is 0 Å². The van der Waals surface area contributed by atoms with Crippen LogP contribution in [-0.4, -0.2) is 4.57 Å². The van der Waals surface area contributed by atoms with Crippen molar-refractivity contribution in [3.8, 4) is 50.2 Å². The molecule has 78 heavy (non-hydrogen) atoms. The minimum Gasteiger partial charge on any atom is -0.317 e. The maximum Gasteiger partial charge on any atom is 0.0541 e. The topological polar surface area (TPSA) is 8.17 Å². The van der Waals surface area contributed by atoms with Gasteiger partial charge in [0.15, 0.2) is 0 Å². The van der Waals surface area contributed by atoms with Crippen molar-refractivity contribution >= 4 is 49.5 Å². The Hall–Kier alpha value is -8.72. The highest BCUT2D eigenvalue weighted by Gasteiger charge is 2.35. The van der Waals surface area contributed by atoms with Crippen molar-refractivity contribution in [3.05, 3.63) is 279 Å². The summed E-state index contributed by atoms with van der Waals surface area (Å²) in [5.74, 6) is 0. The largest absolute Gasteiger partial charge is 0.317 e. The van der Waals surface area contributed by atoms with Gasteiger partial charge in [-0.05, 0) is 159 Å². The number of allylic oxidation sites excluding steroid dienone is 9. The van der Waals surface area contributed by atoms with Crippen molar-refractivity contribution in [2.45, 2.75) is 81.6 Å². The fraction of sp³-hybridized carbons (Fsp3) is 0.158. The Kier molecular flexibility index (Phi) is 19.3. The summed E-state index contributed by atoms with van der Waals surface area (Å²) in [6.07, 6.45) is 19.5. The van der Waals surface area contributed by atoms with Gasteiger partial charge < -0.3 is 9.47 Å². The molecule has 0 N–H and O–H groups in total. The number of aromatic nitrogens is 1. The average Bonchev–Trinajstić information content (AvgIpc) is 4.17. The number of rotatable bonds is 6. The van der Waals surface area contributed by atoms with Gasteiger partial charge in [0.2, 0.25) is 0 Å². The standard InChI is InChI=1S/C61H44N2.C6H10.C3H8.C3H6.C2H6.CH4/c1-40-13-11-12-34-62(49-30-31-52-51-16-7-9-18-56(51)61(2,3)57(52)39-49)58-32-27-47(37-54(40)58)42-20-22-43(23-21-42)48-28-33-60-55(38-48)53-17-8-10-19-59(53)63(60)50-29-26-45-35-44(24-25-46(45)36-50)41-14-5-4-6-15-41;1-3-5-6-4-2;2*1-3-2;1-2;/h4-39H,1H2,2-3H3;3-6H,1-2H3;3H2,1-2H3;3H,1H2,2H3;1-2H3;1H4/b13-11-,34-12-;5-3-,6-4-;;;;. The van der Waals surface area contributed by atoms with Gasteiger partial charge in [-0.1, -0.05) is 238 Å². The second-order valence-corrected chi connectivity index (χ2v) is 19.7. The molecule has 1 aliphatic heterocycles. The van der Waals surface area contributed by atoms with Gasteiger partial charge in [0.25, 0.3) is 0 Å². The van der Waals surface area contributed by atoms with Gasteiger partial charge in [-0.15, -0.1) is 6.58 Å². The molecule has 0 spiro atoms. The van der Waals surface area contributed by atoms with Crippen molar-refractivity contribution in [3.63, 3.8) is 0 Å². The number of hydrogen-bond donors (Lipinski definition) is 0. The lowest BCUT2D eigenvalue weighted by Gasteiger charge is -2.28. The molecule has 0 bridgehead atoms. The predicted molar refractivity (Wildman–Crippen MR) is 348 cm³/mol. The molecule has 12 rings (SSSR count). The Morgan fingerprint density at radius 2 is 1.00 bits per heavy atom. The van der Waals surface area contributed by atoms with Crippen LogP contribution in [0.2, 0.25) is 0 Å². The van der Waals surface area contributed by atoms with Crippen molar-refractivity contribution in [2.75, 3.05) is 4.90 Å². The van der Waals surface area contributed by atoms with Crippen LogP contribution in [0.25, 0.3) is 88.3 Å². The molecule has 392 valence electrons. The molecule has 10 aromatic rings. The highest BCUT2D eigenvalue weighted by molar-refractivity contribution is 6.11. The molecule has 0 saturated carbocycles. The third-order valence-electron chi connectivity index (χ3n) is 14.0. The number of nitrogens with zero attached hydrogens (tertiary/aromatic N) is 2. The van der Waals surface area contributed by atoms with Crippen LogP contribution in [0.4, 0.5) is 11.4 Å².